The number of hydrogen-bond acceptors (Lipinski definition) is 4. The van der Waals surface area contributed by atoms with Gasteiger partial charge < -0.3 is 16.0 Å². The largest absolute Gasteiger partial charge is 0.326 e. The predicted molar refractivity (Wildman–Crippen MR) is 125 cm³/mol. The number of hydrogen-bond donors (Lipinski definition) is 3. The fourth-order valence-electron chi connectivity index (χ4n) is 3.52. The zero-order valence-corrected chi connectivity index (χ0v) is 19.1. The van der Waals surface area contributed by atoms with E-state index in [0.717, 1.165) is 22.4 Å². The number of nitrogens with one attached hydrogen (secondary N) is 3. The van der Waals surface area contributed by atoms with E-state index >= 15 is 0 Å². The second-order valence-corrected chi connectivity index (χ2v) is 7.81. The molecule has 2 rings (SSSR count). The van der Waals surface area contributed by atoms with Crippen molar-refractivity contribution in [2.45, 2.75) is 47.6 Å². The second-order valence-electron chi connectivity index (χ2n) is 7.81. The van der Waals surface area contributed by atoms with Crippen LogP contribution in [0, 0.1) is 20.8 Å². The fourth-order valence-corrected chi connectivity index (χ4v) is 3.52. The summed E-state index contributed by atoms with van der Waals surface area (Å²) < 4.78 is 0. The zero-order chi connectivity index (χ0) is 23.1. The Morgan fingerprint density at radius 2 is 1.42 bits per heavy atom. The molecule has 0 unspecified atom stereocenters. The molecule has 0 saturated carbocycles. The van der Waals surface area contributed by atoms with Crippen molar-refractivity contribution in [3.8, 4) is 0 Å². The Balaban J connectivity index is 1.98. The Bertz CT molecular complexity index is 931. The lowest BCUT2D eigenvalue weighted by Crippen LogP contribution is -2.45. The first kappa shape index (κ1) is 24.1. The van der Waals surface area contributed by atoms with Gasteiger partial charge in [-0.3, -0.25) is 19.3 Å². The first-order valence-electron chi connectivity index (χ1n) is 10.4. The van der Waals surface area contributed by atoms with Gasteiger partial charge in [0.25, 0.3) is 0 Å². The number of nitrogens with zero attached hydrogens (tertiary/aromatic N) is 1. The van der Waals surface area contributed by atoms with Crippen LogP contribution in [0.5, 0.6) is 0 Å². The quantitative estimate of drug-likeness (QED) is 0.600. The number of carbonyl (C=O) groups excluding carboxylic acids is 3. The van der Waals surface area contributed by atoms with E-state index in [-0.39, 0.29) is 24.3 Å². The van der Waals surface area contributed by atoms with Crippen LogP contribution in [-0.2, 0) is 14.4 Å². The number of likely N-dealkylation sites (N-methyl/N-ethyl adjacent to an activating group) is 1. The summed E-state index contributed by atoms with van der Waals surface area (Å²) in [7, 11) is 0. The highest BCUT2D eigenvalue weighted by Crippen LogP contribution is 2.22. The van der Waals surface area contributed by atoms with E-state index in [2.05, 4.69) is 16.0 Å². The van der Waals surface area contributed by atoms with Gasteiger partial charge in [-0.05, 0) is 69.6 Å². The van der Waals surface area contributed by atoms with E-state index in [1.807, 2.05) is 44.7 Å². The maximum absolute atomic E-state index is 12.8. The van der Waals surface area contributed by atoms with E-state index in [9.17, 15) is 14.4 Å². The van der Waals surface area contributed by atoms with Gasteiger partial charge in [0, 0.05) is 24.0 Å². The number of aryl methyl sites for hydroxylation is 3. The summed E-state index contributed by atoms with van der Waals surface area (Å²) in [5.74, 6) is -0.514. The highest BCUT2D eigenvalue weighted by Gasteiger charge is 2.23. The van der Waals surface area contributed by atoms with Gasteiger partial charge in [-0.15, -0.1) is 0 Å². The topological polar surface area (TPSA) is 90.5 Å². The Kier molecular flexibility index (Phi) is 8.33. The molecule has 1 atom stereocenters. The van der Waals surface area contributed by atoms with Crippen LogP contribution in [-0.4, -0.2) is 41.8 Å². The summed E-state index contributed by atoms with van der Waals surface area (Å²) in [6, 6.07) is 10.5. The molecule has 0 heterocycles. The van der Waals surface area contributed by atoms with Crippen molar-refractivity contribution in [1.29, 1.82) is 0 Å². The summed E-state index contributed by atoms with van der Waals surface area (Å²) >= 11 is 0. The fraction of sp³-hybridized carbons (Fsp3) is 0.375. The average molecular weight is 425 g/mol. The number of rotatable bonds is 8. The molecule has 0 spiro atoms. The molecule has 0 aromatic heterocycles. The molecule has 7 nitrogen and oxygen atoms in total. The number of carbonyl (C=O) groups is 3. The Hall–Kier alpha value is -3.19. The van der Waals surface area contributed by atoms with E-state index in [1.54, 1.807) is 31.2 Å². The van der Waals surface area contributed by atoms with Crippen molar-refractivity contribution >= 4 is 34.8 Å². The molecular formula is C24H32N4O3. The lowest BCUT2D eigenvalue weighted by atomic mass is 10.0. The van der Waals surface area contributed by atoms with Crippen molar-refractivity contribution in [2.75, 3.05) is 29.0 Å². The molecule has 0 aliphatic carbocycles. The summed E-state index contributed by atoms with van der Waals surface area (Å²) in [6.07, 6.45) is 0. The summed E-state index contributed by atoms with van der Waals surface area (Å²) in [6.45, 7) is 11.8. The van der Waals surface area contributed by atoms with Gasteiger partial charge in [0.1, 0.15) is 0 Å². The standard InChI is InChI=1S/C24H32N4O3/c1-7-28(14-22(30)26-21-10-8-20(9-11-21)25-19(6)29)18(5)24(31)27-23-16(3)12-15(2)13-17(23)4/h8-13,18H,7,14H2,1-6H3,(H,25,29)(H,26,30)(H,27,31)/t18-/m0/s1. The van der Waals surface area contributed by atoms with Crippen LogP contribution in [0.15, 0.2) is 36.4 Å². The molecule has 0 bridgehead atoms. The molecule has 3 N–H and O–H groups in total. The number of benzene rings is 2. The van der Waals surface area contributed by atoms with Gasteiger partial charge in [0.2, 0.25) is 17.7 Å². The molecule has 0 aliphatic heterocycles. The zero-order valence-electron chi connectivity index (χ0n) is 19.1. The number of anilines is 3. The van der Waals surface area contributed by atoms with Gasteiger partial charge >= 0.3 is 0 Å². The van der Waals surface area contributed by atoms with Crippen LogP contribution >= 0.6 is 0 Å². The third-order valence-electron chi connectivity index (χ3n) is 5.09. The van der Waals surface area contributed by atoms with Crippen LogP contribution in [0.3, 0.4) is 0 Å². The van der Waals surface area contributed by atoms with Crippen LogP contribution in [0.25, 0.3) is 0 Å². The highest BCUT2D eigenvalue weighted by atomic mass is 16.2. The maximum Gasteiger partial charge on any atom is 0.241 e. The molecule has 0 saturated heterocycles. The third-order valence-corrected chi connectivity index (χ3v) is 5.09. The Labute approximate surface area is 184 Å². The van der Waals surface area contributed by atoms with Crippen molar-refractivity contribution < 1.29 is 14.4 Å². The highest BCUT2D eigenvalue weighted by molar-refractivity contribution is 5.97. The third kappa shape index (κ3) is 6.93. The minimum atomic E-state index is -0.474. The Morgan fingerprint density at radius 3 is 1.90 bits per heavy atom. The normalized spacial score (nSPS) is 11.7. The van der Waals surface area contributed by atoms with Crippen LogP contribution in [0.4, 0.5) is 17.1 Å². The van der Waals surface area contributed by atoms with Gasteiger partial charge in [-0.25, -0.2) is 0 Å². The van der Waals surface area contributed by atoms with E-state index in [0.29, 0.717) is 17.9 Å². The average Bonchev–Trinajstić information content (AvgIpc) is 2.69. The smallest absolute Gasteiger partial charge is 0.241 e. The van der Waals surface area contributed by atoms with Crippen molar-refractivity contribution in [3.63, 3.8) is 0 Å². The minimum absolute atomic E-state index is 0.0877. The van der Waals surface area contributed by atoms with Gasteiger partial charge in [-0.1, -0.05) is 24.6 Å². The summed E-state index contributed by atoms with van der Waals surface area (Å²) in [5.41, 5.74) is 5.29. The van der Waals surface area contributed by atoms with E-state index in [4.69, 9.17) is 0 Å². The lowest BCUT2D eigenvalue weighted by Gasteiger charge is -2.27. The van der Waals surface area contributed by atoms with Crippen molar-refractivity contribution in [2.24, 2.45) is 0 Å². The van der Waals surface area contributed by atoms with Gasteiger partial charge in [0.15, 0.2) is 0 Å². The molecule has 0 fully saturated rings. The Morgan fingerprint density at radius 1 is 0.903 bits per heavy atom. The molecule has 7 heteroatoms. The molecular weight excluding hydrogens is 392 g/mol. The predicted octanol–water partition coefficient (Wildman–Crippen LogP) is 3.86. The van der Waals surface area contributed by atoms with Gasteiger partial charge in [0.05, 0.1) is 12.6 Å². The van der Waals surface area contributed by atoms with E-state index in [1.165, 1.54) is 6.92 Å². The second kappa shape index (κ2) is 10.7. The maximum atomic E-state index is 12.8. The SMILES string of the molecule is CCN(CC(=O)Nc1ccc(NC(C)=O)cc1)[C@@H](C)C(=O)Nc1c(C)cc(C)cc1C. The molecule has 2 aromatic carbocycles. The van der Waals surface area contributed by atoms with Crippen LogP contribution in [0.2, 0.25) is 0 Å². The molecule has 31 heavy (non-hydrogen) atoms. The molecule has 0 aliphatic rings. The molecule has 3 amide bonds. The van der Waals surface area contributed by atoms with Crippen molar-refractivity contribution in [3.05, 3.63) is 53.1 Å². The first-order valence-corrected chi connectivity index (χ1v) is 10.4. The van der Waals surface area contributed by atoms with E-state index < -0.39 is 6.04 Å². The summed E-state index contributed by atoms with van der Waals surface area (Å²) in [5, 5.41) is 8.53. The van der Waals surface area contributed by atoms with Crippen molar-refractivity contribution in [1.82, 2.24) is 4.90 Å². The van der Waals surface area contributed by atoms with Crippen LogP contribution in [0.1, 0.15) is 37.5 Å². The first-order chi connectivity index (χ1) is 14.6. The lowest BCUT2D eigenvalue weighted by molar-refractivity contribution is -0.123. The van der Waals surface area contributed by atoms with Gasteiger partial charge in [-0.2, -0.15) is 0 Å². The van der Waals surface area contributed by atoms with Crippen LogP contribution < -0.4 is 16.0 Å². The summed E-state index contributed by atoms with van der Waals surface area (Å²) in [4.78, 5) is 38.3. The number of amides is 3. The molecule has 2 aromatic rings. The molecule has 166 valence electrons. The minimum Gasteiger partial charge on any atom is -0.326 e. The molecule has 0 radical (unpaired) electrons. The monoisotopic (exact) mass is 424 g/mol.